The maximum atomic E-state index is 12.2. The van der Waals surface area contributed by atoms with E-state index in [9.17, 15) is 10.1 Å². The molecule has 3 rings (SSSR count). The van der Waals surface area contributed by atoms with Gasteiger partial charge in [-0.25, -0.2) is 4.79 Å². The largest absolute Gasteiger partial charge is 0.324 e. The summed E-state index contributed by atoms with van der Waals surface area (Å²) in [6, 6.07) is 6.67. The first kappa shape index (κ1) is 16.1. The first-order chi connectivity index (χ1) is 11.1. The van der Waals surface area contributed by atoms with E-state index in [1.165, 1.54) is 16.2 Å². The number of carbonyl (C=O) groups excluding carboxylic acids is 1. The molecule has 1 aliphatic carbocycles. The number of halogens is 2. The number of amides is 2. The normalized spacial score (nSPS) is 13.1. The van der Waals surface area contributed by atoms with Gasteiger partial charge in [-0.1, -0.05) is 23.2 Å². The summed E-state index contributed by atoms with van der Waals surface area (Å²) in [5.74, 6) is 0. The van der Waals surface area contributed by atoms with Crippen LogP contribution in [0.15, 0.2) is 18.2 Å². The molecule has 0 atom stereocenters. The van der Waals surface area contributed by atoms with E-state index in [4.69, 9.17) is 23.2 Å². The van der Waals surface area contributed by atoms with Crippen molar-refractivity contribution in [1.82, 2.24) is 0 Å². The highest BCUT2D eigenvalue weighted by Gasteiger charge is 2.21. The lowest BCUT2D eigenvalue weighted by molar-refractivity contribution is 0.262. The molecule has 0 bridgehead atoms. The number of nitriles is 1. The van der Waals surface area contributed by atoms with E-state index < -0.39 is 6.03 Å². The number of fused-ring (bicyclic) bond motifs is 1. The van der Waals surface area contributed by atoms with Gasteiger partial charge in [0.25, 0.3) is 0 Å². The lowest BCUT2D eigenvalue weighted by atomic mass is 9.96. The third kappa shape index (κ3) is 3.45. The van der Waals surface area contributed by atoms with Crippen LogP contribution in [0.3, 0.4) is 0 Å². The molecule has 1 aliphatic rings. The summed E-state index contributed by atoms with van der Waals surface area (Å²) < 4.78 is 0. The minimum Gasteiger partial charge on any atom is -0.308 e. The van der Waals surface area contributed by atoms with Crippen molar-refractivity contribution in [3.05, 3.63) is 44.2 Å². The Balaban J connectivity index is 1.76. The molecule has 23 heavy (non-hydrogen) atoms. The second kappa shape index (κ2) is 6.79. The zero-order valence-electron chi connectivity index (χ0n) is 12.1. The Hall–Kier alpha value is -1.74. The smallest absolute Gasteiger partial charge is 0.308 e. The van der Waals surface area contributed by atoms with Crippen molar-refractivity contribution in [3.63, 3.8) is 0 Å². The van der Waals surface area contributed by atoms with Gasteiger partial charge in [0.05, 0.1) is 15.6 Å². The number of carbonyl (C=O) groups is 1. The van der Waals surface area contributed by atoms with Crippen LogP contribution in [0.2, 0.25) is 10.0 Å². The van der Waals surface area contributed by atoms with Crippen molar-refractivity contribution >= 4 is 51.3 Å². The van der Waals surface area contributed by atoms with Crippen LogP contribution < -0.4 is 10.6 Å². The number of hydrogen-bond acceptors (Lipinski definition) is 3. The monoisotopic (exact) mass is 365 g/mol. The number of aryl methyl sites for hydroxylation is 1. The van der Waals surface area contributed by atoms with Crippen molar-refractivity contribution < 1.29 is 4.79 Å². The van der Waals surface area contributed by atoms with Crippen LogP contribution >= 0.6 is 34.5 Å². The Bertz CT molecular complexity index is 810. The summed E-state index contributed by atoms with van der Waals surface area (Å²) in [6.45, 7) is 0. The minimum atomic E-state index is -0.404. The molecule has 2 N–H and O–H groups in total. The van der Waals surface area contributed by atoms with Gasteiger partial charge in [0.1, 0.15) is 11.1 Å². The number of benzene rings is 1. The Morgan fingerprint density at radius 2 is 1.96 bits per heavy atom. The molecule has 0 radical (unpaired) electrons. The van der Waals surface area contributed by atoms with E-state index in [-0.39, 0.29) is 0 Å². The topological polar surface area (TPSA) is 64.9 Å². The van der Waals surface area contributed by atoms with Crippen LogP contribution in [-0.2, 0) is 12.8 Å². The van der Waals surface area contributed by atoms with Crippen molar-refractivity contribution in [2.75, 3.05) is 10.6 Å². The van der Waals surface area contributed by atoms with Crippen LogP contribution in [0.5, 0.6) is 0 Å². The summed E-state index contributed by atoms with van der Waals surface area (Å²) in [5, 5.41) is 16.3. The molecule has 1 heterocycles. The van der Waals surface area contributed by atoms with E-state index >= 15 is 0 Å². The molecule has 7 heteroatoms. The number of urea groups is 1. The number of thiophene rings is 1. The highest BCUT2D eigenvalue weighted by molar-refractivity contribution is 7.16. The number of nitrogens with zero attached hydrogens (tertiary/aromatic N) is 1. The third-order valence-corrected chi connectivity index (χ3v) is 5.63. The van der Waals surface area contributed by atoms with E-state index in [0.717, 1.165) is 31.2 Å². The number of hydrogen-bond donors (Lipinski definition) is 2. The molecule has 118 valence electrons. The Kier molecular flexibility index (Phi) is 4.76. The quantitative estimate of drug-likeness (QED) is 0.742. The number of nitrogens with one attached hydrogen (secondary N) is 2. The first-order valence-corrected chi connectivity index (χ1v) is 8.73. The molecule has 2 aromatic rings. The SMILES string of the molecule is N#Cc1c(NC(=O)Nc2ccc(Cl)c(Cl)c2)sc2c1CCCC2. The summed E-state index contributed by atoms with van der Waals surface area (Å²) in [6.07, 6.45) is 4.11. The average Bonchev–Trinajstić information content (AvgIpc) is 2.87. The third-order valence-electron chi connectivity index (χ3n) is 3.69. The molecular weight excluding hydrogens is 353 g/mol. The van der Waals surface area contributed by atoms with Crippen LogP contribution in [0, 0.1) is 11.3 Å². The Labute approximate surface area is 148 Å². The van der Waals surface area contributed by atoms with E-state index in [1.54, 1.807) is 18.2 Å². The van der Waals surface area contributed by atoms with E-state index in [2.05, 4.69) is 16.7 Å². The Morgan fingerprint density at radius 3 is 2.70 bits per heavy atom. The highest BCUT2D eigenvalue weighted by atomic mass is 35.5. The molecule has 0 spiro atoms. The van der Waals surface area contributed by atoms with Crippen LogP contribution in [0.4, 0.5) is 15.5 Å². The molecule has 0 unspecified atom stereocenters. The van der Waals surface area contributed by atoms with Crippen LogP contribution in [-0.4, -0.2) is 6.03 Å². The number of rotatable bonds is 2. The van der Waals surface area contributed by atoms with Crippen molar-refractivity contribution in [1.29, 1.82) is 5.26 Å². The van der Waals surface area contributed by atoms with Gasteiger partial charge in [-0.15, -0.1) is 11.3 Å². The zero-order chi connectivity index (χ0) is 16.4. The second-order valence-corrected chi connectivity index (χ2v) is 7.15. The maximum Gasteiger partial charge on any atom is 0.324 e. The number of anilines is 2. The van der Waals surface area contributed by atoms with Gasteiger partial charge in [-0.05, 0) is 49.4 Å². The molecule has 2 amide bonds. The van der Waals surface area contributed by atoms with Gasteiger partial charge in [-0.3, -0.25) is 5.32 Å². The van der Waals surface area contributed by atoms with E-state index in [1.807, 2.05) is 0 Å². The lowest BCUT2D eigenvalue weighted by Crippen LogP contribution is -2.19. The van der Waals surface area contributed by atoms with Gasteiger partial charge >= 0.3 is 6.03 Å². The fourth-order valence-electron chi connectivity index (χ4n) is 2.61. The lowest BCUT2D eigenvalue weighted by Gasteiger charge is -2.09. The van der Waals surface area contributed by atoms with Gasteiger partial charge in [0, 0.05) is 10.6 Å². The molecule has 0 saturated carbocycles. The Morgan fingerprint density at radius 1 is 1.17 bits per heavy atom. The fourth-order valence-corrected chi connectivity index (χ4v) is 4.14. The summed E-state index contributed by atoms with van der Waals surface area (Å²) in [5.41, 5.74) is 2.22. The van der Waals surface area contributed by atoms with Gasteiger partial charge < -0.3 is 5.32 Å². The van der Waals surface area contributed by atoms with Gasteiger partial charge in [0.2, 0.25) is 0 Å². The minimum absolute atomic E-state index is 0.369. The molecule has 1 aromatic heterocycles. The van der Waals surface area contributed by atoms with E-state index in [0.29, 0.717) is 26.3 Å². The van der Waals surface area contributed by atoms with Crippen molar-refractivity contribution in [2.45, 2.75) is 25.7 Å². The highest BCUT2D eigenvalue weighted by Crippen LogP contribution is 2.37. The predicted molar refractivity (Wildman–Crippen MR) is 94.8 cm³/mol. The predicted octanol–water partition coefficient (Wildman–Crippen LogP) is 5.45. The second-order valence-electron chi connectivity index (χ2n) is 5.23. The summed E-state index contributed by atoms with van der Waals surface area (Å²) in [4.78, 5) is 13.4. The molecule has 1 aromatic carbocycles. The zero-order valence-corrected chi connectivity index (χ0v) is 14.4. The van der Waals surface area contributed by atoms with Crippen LogP contribution in [0.25, 0.3) is 0 Å². The van der Waals surface area contributed by atoms with Crippen molar-refractivity contribution in [2.24, 2.45) is 0 Å². The summed E-state index contributed by atoms with van der Waals surface area (Å²) >= 11 is 13.3. The van der Waals surface area contributed by atoms with Gasteiger partial charge in [0.15, 0.2) is 0 Å². The standard InChI is InChI=1S/C16H13Cl2N3OS/c17-12-6-5-9(7-13(12)18)20-16(22)21-15-11(8-19)10-3-1-2-4-14(10)23-15/h5-7H,1-4H2,(H2,20,21,22). The summed E-state index contributed by atoms with van der Waals surface area (Å²) in [7, 11) is 0. The molecule has 0 aliphatic heterocycles. The molecular formula is C16H13Cl2N3OS. The average molecular weight is 366 g/mol. The molecule has 4 nitrogen and oxygen atoms in total. The van der Waals surface area contributed by atoms with Crippen LogP contribution in [0.1, 0.15) is 28.8 Å². The maximum absolute atomic E-state index is 12.2. The van der Waals surface area contributed by atoms with Gasteiger partial charge in [-0.2, -0.15) is 5.26 Å². The molecule has 0 fully saturated rings. The first-order valence-electron chi connectivity index (χ1n) is 7.16. The molecule has 0 saturated heterocycles. The van der Waals surface area contributed by atoms with Crippen molar-refractivity contribution in [3.8, 4) is 6.07 Å². The fraction of sp³-hybridized carbons (Fsp3) is 0.250.